The van der Waals surface area contributed by atoms with E-state index < -0.39 is 8.07 Å². The molecule has 0 aliphatic rings. The monoisotopic (exact) mass is 341 g/mol. The minimum Gasteiger partial charge on any atom is -0.348 e. The van der Waals surface area contributed by atoms with Crippen molar-refractivity contribution >= 4 is 13.4 Å². The van der Waals surface area contributed by atoms with Gasteiger partial charge in [0.05, 0.1) is 0 Å². The number of hydrogen-bond acceptors (Lipinski definition) is 0. The lowest BCUT2D eigenvalue weighted by Gasteiger charge is -2.30. The Morgan fingerprint density at radius 3 is 2.04 bits per heavy atom. The molecular formula is C22H35NSi. The molecule has 1 aromatic heterocycles. The zero-order chi connectivity index (χ0) is 17.4. The lowest BCUT2D eigenvalue weighted by atomic mass is 10.1. The molecule has 0 saturated heterocycles. The summed E-state index contributed by atoms with van der Waals surface area (Å²) < 4.78 is 2.69. The van der Waals surface area contributed by atoms with Crippen LogP contribution in [0.3, 0.4) is 0 Å². The van der Waals surface area contributed by atoms with Crippen LogP contribution in [0.5, 0.6) is 0 Å². The SMILES string of the molecule is CCCCCc1ccc([Si](CC)(CC)CC)n1Cc1ccccc1. The molecule has 0 atom stereocenters. The molecular weight excluding hydrogens is 306 g/mol. The Morgan fingerprint density at radius 2 is 1.46 bits per heavy atom. The minimum absolute atomic E-state index is 1.04. The van der Waals surface area contributed by atoms with E-state index in [1.165, 1.54) is 49.4 Å². The molecule has 1 heterocycles. The summed E-state index contributed by atoms with van der Waals surface area (Å²) in [5.41, 5.74) is 2.98. The molecule has 132 valence electrons. The van der Waals surface area contributed by atoms with Gasteiger partial charge in [0.15, 0.2) is 0 Å². The minimum atomic E-state index is -1.36. The van der Waals surface area contributed by atoms with Crippen LogP contribution >= 0.6 is 0 Å². The molecule has 0 amide bonds. The first-order valence-corrected chi connectivity index (χ1v) is 12.6. The third-order valence-corrected chi connectivity index (χ3v) is 11.4. The summed E-state index contributed by atoms with van der Waals surface area (Å²) in [5.74, 6) is 0. The molecule has 1 aromatic carbocycles. The summed E-state index contributed by atoms with van der Waals surface area (Å²) in [6, 6.07) is 20.0. The number of aromatic nitrogens is 1. The first-order chi connectivity index (χ1) is 11.7. The highest BCUT2D eigenvalue weighted by Gasteiger charge is 2.32. The van der Waals surface area contributed by atoms with Gasteiger partial charge in [-0.2, -0.15) is 0 Å². The van der Waals surface area contributed by atoms with Crippen molar-refractivity contribution < 1.29 is 0 Å². The van der Waals surface area contributed by atoms with Crippen molar-refractivity contribution in [3.05, 3.63) is 53.7 Å². The Kier molecular flexibility index (Phi) is 7.35. The zero-order valence-corrected chi connectivity index (χ0v) is 17.1. The van der Waals surface area contributed by atoms with Crippen LogP contribution in [0.2, 0.25) is 18.1 Å². The highest BCUT2D eigenvalue weighted by Crippen LogP contribution is 2.23. The van der Waals surface area contributed by atoms with E-state index in [2.05, 4.69) is 74.7 Å². The summed E-state index contributed by atoms with van der Waals surface area (Å²) >= 11 is 0. The molecule has 0 aliphatic heterocycles. The standard InChI is InChI=1S/C22H35NSi/c1-5-9-11-16-21-17-18-22(24(6-2,7-3)8-4)23(21)19-20-14-12-10-13-15-20/h10,12-15,17-18H,5-9,11,16,19H2,1-4H3. The maximum absolute atomic E-state index is 2.69. The van der Waals surface area contributed by atoms with Crippen LogP contribution in [0.1, 0.15) is 58.2 Å². The topological polar surface area (TPSA) is 4.93 Å². The van der Waals surface area contributed by atoms with Gasteiger partial charge >= 0.3 is 0 Å². The summed E-state index contributed by atoms with van der Waals surface area (Å²) in [7, 11) is -1.36. The molecule has 0 saturated carbocycles. The Bertz CT molecular complexity index is 587. The molecule has 0 fully saturated rings. The predicted octanol–water partition coefficient (Wildman–Crippen LogP) is 5.98. The number of aryl methyl sites for hydroxylation is 1. The molecule has 0 aliphatic carbocycles. The molecule has 2 aromatic rings. The fourth-order valence-electron chi connectivity index (χ4n) is 3.99. The average molecular weight is 342 g/mol. The lowest BCUT2D eigenvalue weighted by molar-refractivity contribution is 0.671. The van der Waals surface area contributed by atoms with Gasteiger partial charge in [0.25, 0.3) is 0 Å². The Hall–Kier alpha value is -1.28. The second kappa shape index (κ2) is 9.27. The van der Waals surface area contributed by atoms with Crippen LogP contribution < -0.4 is 5.32 Å². The third-order valence-electron chi connectivity index (χ3n) is 5.86. The van der Waals surface area contributed by atoms with Gasteiger partial charge < -0.3 is 4.57 Å². The van der Waals surface area contributed by atoms with Crippen LogP contribution in [0.4, 0.5) is 0 Å². The van der Waals surface area contributed by atoms with Crippen molar-refractivity contribution in [3.8, 4) is 0 Å². The zero-order valence-electron chi connectivity index (χ0n) is 16.1. The van der Waals surface area contributed by atoms with Gasteiger partial charge in [0.1, 0.15) is 8.07 Å². The summed E-state index contributed by atoms with van der Waals surface area (Å²) in [4.78, 5) is 0. The van der Waals surface area contributed by atoms with Crippen molar-refractivity contribution in [1.29, 1.82) is 0 Å². The van der Waals surface area contributed by atoms with Crippen LogP contribution in [-0.4, -0.2) is 12.6 Å². The Balaban J connectivity index is 2.39. The van der Waals surface area contributed by atoms with Gasteiger partial charge in [-0.3, -0.25) is 0 Å². The molecule has 2 heteroatoms. The summed E-state index contributed by atoms with van der Waals surface area (Å²) in [6.45, 7) is 10.6. The van der Waals surface area contributed by atoms with Crippen molar-refractivity contribution in [3.63, 3.8) is 0 Å². The Labute approximate surface area is 150 Å². The van der Waals surface area contributed by atoms with Gasteiger partial charge in [-0.15, -0.1) is 0 Å². The Morgan fingerprint density at radius 1 is 0.792 bits per heavy atom. The van der Waals surface area contributed by atoms with Crippen LogP contribution in [0, 0.1) is 0 Å². The third kappa shape index (κ3) is 4.21. The first-order valence-electron chi connectivity index (χ1n) is 9.93. The molecule has 0 unspecified atom stereocenters. The maximum atomic E-state index is 2.69. The van der Waals surface area contributed by atoms with E-state index in [-0.39, 0.29) is 0 Å². The van der Waals surface area contributed by atoms with E-state index in [0.29, 0.717) is 0 Å². The van der Waals surface area contributed by atoms with Crippen LogP contribution in [0.25, 0.3) is 0 Å². The van der Waals surface area contributed by atoms with E-state index in [4.69, 9.17) is 0 Å². The molecule has 24 heavy (non-hydrogen) atoms. The van der Waals surface area contributed by atoms with E-state index in [1.54, 1.807) is 11.0 Å². The van der Waals surface area contributed by atoms with Gasteiger partial charge in [-0.1, -0.05) is 89.0 Å². The van der Waals surface area contributed by atoms with Crippen LogP contribution in [-0.2, 0) is 13.0 Å². The molecule has 2 rings (SSSR count). The number of unbranched alkanes of at least 4 members (excludes halogenated alkanes) is 2. The first kappa shape index (κ1) is 19.0. The van der Waals surface area contributed by atoms with Crippen molar-refractivity contribution in [2.75, 3.05) is 0 Å². The normalized spacial score (nSPS) is 11.8. The van der Waals surface area contributed by atoms with Crippen LogP contribution in [0.15, 0.2) is 42.5 Å². The molecule has 0 radical (unpaired) electrons. The number of hydrogen-bond donors (Lipinski definition) is 0. The average Bonchev–Trinajstić information content (AvgIpc) is 3.02. The second-order valence-corrected chi connectivity index (χ2v) is 12.3. The fourth-order valence-corrected chi connectivity index (χ4v) is 7.81. The van der Waals surface area contributed by atoms with Gasteiger partial charge in [-0.25, -0.2) is 0 Å². The highest BCUT2D eigenvalue weighted by atomic mass is 28.3. The summed E-state index contributed by atoms with van der Waals surface area (Å²) in [6.07, 6.45) is 5.17. The molecule has 0 bridgehead atoms. The largest absolute Gasteiger partial charge is 0.348 e. The number of nitrogens with zero attached hydrogens (tertiary/aromatic N) is 1. The van der Waals surface area contributed by atoms with Crippen molar-refractivity contribution in [1.82, 2.24) is 4.57 Å². The van der Waals surface area contributed by atoms with Gasteiger partial charge in [0.2, 0.25) is 0 Å². The smallest absolute Gasteiger partial charge is 0.107 e. The molecule has 0 N–H and O–H groups in total. The fraction of sp³-hybridized carbons (Fsp3) is 0.545. The highest BCUT2D eigenvalue weighted by molar-refractivity contribution is 6.91. The molecule has 1 nitrogen and oxygen atoms in total. The van der Waals surface area contributed by atoms with Gasteiger partial charge in [-0.05, 0) is 30.5 Å². The second-order valence-electron chi connectivity index (χ2n) is 7.08. The van der Waals surface area contributed by atoms with E-state index in [1.807, 2.05) is 0 Å². The van der Waals surface area contributed by atoms with E-state index in [9.17, 15) is 0 Å². The lowest BCUT2D eigenvalue weighted by Crippen LogP contribution is -2.50. The quantitative estimate of drug-likeness (QED) is 0.370. The molecule has 0 spiro atoms. The number of rotatable bonds is 10. The van der Waals surface area contributed by atoms with E-state index in [0.717, 1.165) is 6.54 Å². The van der Waals surface area contributed by atoms with Crippen molar-refractivity contribution in [2.24, 2.45) is 0 Å². The predicted molar refractivity (Wildman–Crippen MR) is 110 cm³/mol. The maximum Gasteiger partial charge on any atom is 0.107 e. The van der Waals surface area contributed by atoms with Crippen molar-refractivity contribution in [2.45, 2.75) is 78.1 Å². The van der Waals surface area contributed by atoms with E-state index >= 15 is 0 Å². The van der Waals surface area contributed by atoms with Gasteiger partial charge in [0, 0.05) is 17.6 Å². The number of benzene rings is 1. The summed E-state index contributed by atoms with van der Waals surface area (Å²) in [5, 5.41) is 1.69.